The molecule has 1 saturated heterocycles. The molecule has 3 N–H and O–H groups in total. The van der Waals surface area contributed by atoms with E-state index in [4.69, 9.17) is 15.2 Å². The molecule has 1 heterocycles. The summed E-state index contributed by atoms with van der Waals surface area (Å²) in [6.07, 6.45) is 2.41. The number of ether oxygens (including phenoxy) is 2. The molecule has 0 bridgehead atoms. The zero-order valence-electron chi connectivity index (χ0n) is 12.6. The highest BCUT2D eigenvalue weighted by Gasteiger charge is 2.19. The highest BCUT2D eigenvalue weighted by atomic mass is 16.5. The monoisotopic (exact) mass is 293 g/mol. The quantitative estimate of drug-likeness (QED) is 0.774. The Morgan fingerprint density at radius 1 is 1.57 bits per heavy atom. The number of carbonyl (C=O) groups is 1. The number of nitrogens with zero attached hydrogens (tertiary/aromatic N) is 1. The maximum absolute atomic E-state index is 12.1. The normalized spacial score (nSPS) is 18.0. The van der Waals surface area contributed by atoms with Crippen molar-refractivity contribution in [3.8, 4) is 5.75 Å². The number of benzene rings is 1. The van der Waals surface area contributed by atoms with E-state index >= 15 is 0 Å². The number of carbonyl (C=O) groups excluding carboxylic acids is 1. The highest BCUT2D eigenvalue weighted by Crippen LogP contribution is 2.26. The fraction of sp³-hybridized carbons (Fsp3) is 0.533. The van der Waals surface area contributed by atoms with Gasteiger partial charge in [-0.3, -0.25) is 9.69 Å². The summed E-state index contributed by atoms with van der Waals surface area (Å²) in [5.74, 6) is 0.499. The number of nitrogens with two attached hydrogens (primary N) is 1. The van der Waals surface area contributed by atoms with Crippen molar-refractivity contribution in [3.63, 3.8) is 0 Å². The molecule has 1 aromatic carbocycles. The molecule has 1 unspecified atom stereocenters. The number of hydrogen-bond acceptors (Lipinski definition) is 5. The molecule has 0 aromatic heterocycles. The van der Waals surface area contributed by atoms with Crippen LogP contribution in [0, 0.1) is 0 Å². The molecule has 6 nitrogen and oxygen atoms in total. The predicted octanol–water partition coefficient (Wildman–Crippen LogP) is 1.33. The molecule has 0 spiro atoms. The Morgan fingerprint density at radius 2 is 2.38 bits per heavy atom. The van der Waals surface area contributed by atoms with Crippen molar-refractivity contribution in [3.05, 3.63) is 18.2 Å². The average Bonchev–Trinajstić information content (AvgIpc) is 2.91. The number of methoxy groups -OCH3 is 1. The van der Waals surface area contributed by atoms with Crippen LogP contribution in [0.3, 0.4) is 0 Å². The van der Waals surface area contributed by atoms with Gasteiger partial charge in [0.15, 0.2) is 0 Å². The van der Waals surface area contributed by atoms with Gasteiger partial charge in [-0.05, 0) is 38.1 Å². The molecule has 1 fully saturated rings. The van der Waals surface area contributed by atoms with E-state index in [9.17, 15) is 4.79 Å². The van der Waals surface area contributed by atoms with Crippen LogP contribution in [-0.2, 0) is 9.53 Å². The fourth-order valence-corrected chi connectivity index (χ4v) is 2.46. The van der Waals surface area contributed by atoms with Gasteiger partial charge >= 0.3 is 0 Å². The fourth-order valence-electron chi connectivity index (χ4n) is 2.46. The van der Waals surface area contributed by atoms with Gasteiger partial charge in [-0.25, -0.2) is 0 Å². The van der Waals surface area contributed by atoms with Crippen molar-refractivity contribution in [1.82, 2.24) is 4.90 Å². The highest BCUT2D eigenvalue weighted by molar-refractivity contribution is 5.94. The van der Waals surface area contributed by atoms with E-state index in [-0.39, 0.29) is 12.0 Å². The lowest BCUT2D eigenvalue weighted by Crippen LogP contribution is -2.35. The Labute approximate surface area is 125 Å². The Hall–Kier alpha value is -1.79. The lowest BCUT2D eigenvalue weighted by Gasteiger charge is -2.20. The van der Waals surface area contributed by atoms with Gasteiger partial charge in [0, 0.05) is 18.8 Å². The minimum Gasteiger partial charge on any atom is -0.495 e. The topological polar surface area (TPSA) is 76.8 Å². The largest absolute Gasteiger partial charge is 0.495 e. The van der Waals surface area contributed by atoms with Gasteiger partial charge in [-0.2, -0.15) is 0 Å². The van der Waals surface area contributed by atoms with Crippen molar-refractivity contribution in [1.29, 1.82) is 0 Å². The molecule has 0 radical (unpaired) electrons. The molecule has 1 aromatic rings. The molecule has 21 heavy (non-hydrogen) atoms. The van der Waals surface area contributed by atoms with E-state index < -0.39 is 0 Å². The first-order chi connectivity index (χ1) is 10.1. The van der Waals surface area contributed by atoms with E-state index in [1.165, 1.54) is 0 Å². The van der Waals surface area contributed by atoms with Crippen molar-refractivity contribution in [2.75, 3.05) is 44.9 Å². The van der Waals surface area contributed by atoms with Gasteiger partial charge in [0.05, 0.1) is 25.4 Å². The molecule has 1 aliphatic heterocycles. The number of nitrogen functional groups attached to an aromatic ring is 1. The van der Waals surface area contributed by atoms with Crippen LogP contribution in [0.1, 0.15) is 12.8 Å². The summed E-state index contributed by atoms with van der Waals surface area (Å²) < 4.78 is 10.8. The van der Waals surface area contributed by atoms with Crippen molar-refractivity contribution < 1.29 is 14.3 Å². The summed E-state index contributed by atoms with van der Waals surface area (Å²) in [6, 6.07) is 5.16. The summed E-state index contributed by atoms with van der Waals surface area (Å²) in [5.41, 5.74) is 6.91. The van der Waals surface area contributed by atoms with Crippen LogP contribution in [0.15, 0.2) is 18.2 Å². The van der Waals surface area contributed by atoms with E-state index in [1.54, 1.807) is 25.3 Å². The van der Waals surface area contributed by atoms with Crippen LogP contribution in [-0.4, -0.2) is 50.8 Å². The number of rotatable bonds is 6. The van der Waals surface area contributed by atoms with Crippen LogP contribution >= 0.6 is 0 Å². The van der Waals surface area contributed by atoms with Crippen LogP contribution in [0.5, 0.6) is 5.75 Å². The molecule has 0 aliphatic carbocycles. The Morgan fingerprint density at radius 3 is 3.05 bits per heavy atom. The molecular formula is C15H23N3O3. The summed E-state index contributed by atoms with van der Waals surface area (Å²) in [5, 5.41) is 2.83. The molecular weight excluding hydrogens is 270 g/mol. The van der Waals surface area contributed by atoms with Gasteiger partial charge < -0.3 is 20.5 Å². The molecule has 1 atom stereocenters. The minimum absolute atomic E-state index is 0.0978. The zero-order valence-corrected chi connectivity index (χ0v) is 12.6. The third kappa shape index (κ3) is 4.61. The van der Waals surface area contributed by atoms with Gasteiger partial charge in [-0.15, -0.1) is 0 Å². The van der Waals surface area contributed by atoms with E-state index in [0.717, 1.165) is 26.0 Å². The van der Waals surface area contributed by atoms with Crippen molar-refractivity contribution in [2.24, 2.45) is 0 Å². The standard InChI is InChI=1S/C15H23N3O3/c1-18(9-12-4-3-7-21-12)10-15(19)17-13-8-11(16)5-6-14(13)20-2/h5-6,8,12H,3-4,7,9-10,16H2,1-2H3,(H,17,19). The van der Waals surface area contributed by atoms with Crippen molar-refractivity contribution >= 4 is 17.3 Å². The number of anilines is 2. The lowest BCUT2D eigenvalue weighted by molar-refractivity contribution is -0.117. The lowest BCUT2D eigenvalue weighted by atomic mass is 10.2. The van der Waals surface area contributed by atoms with E-state index in [2.05, 4.69) is 5.32 Å². The zero-order chi connectivity index (χ0) is 15.2. The maximum Gasteiger partial charge on any atom is 0.238 e. The third-order valence-corrected chi connectivity index (χ3v) is 3.45. The summed E-state index contributed by atoms with van der Waals surface area (Å²) in [7, 11) is 3.47. The molecule has 0 saturated carbocycles. The summed E-state index contributed by atoms with van der Waals surface area (Å²) in [4.78, 5) is 14.0. The van der Waals surface area contributed by atoms with E-state index in [0.29, 0.717) is 23.7 Å². The first-order valence-electron chi connectivity index (χ1n) is 7.12. The van der Waals surface area contributed by atoms with Crippen molar-refractivity contribution in [2.45, 2.75) is 18.9 Å². The van der Waals surface area contributed by atoms with Crippen LogP contribution in [0.2, 0.25) is 0 Å². The summed E-state index contributed by atoms with van der Waals surface area (Å²) in [6.45, 7) is 1.89. The number of nitrogens with one attached hydrogen (secondary N) is 1. The summed E-state index contributed by atoms with van der Waals surface area (Å²) >= 11 is 0. The first-order valence-corrected chi connectivity index (χ1v) is 7.12. The van der Waals surface area contributed by atoms with E-state index in [1.807, 2.05) is 11.9 Å². The molecule has 6 heteroatoms. The molecule has 116 valence electrons. The second-order valence-electron chi connectivity index (χ2n) is 5.34. The van der Waals surface area contributed by atoms with Gasteiger partial charge in [0.25, 0.3) is 0 Å². The smallest absolute Gasteiger partial charge is 0.238 e. The minimum atomic E-state index is -0.0978. The van der Waals surface area contributed by atoms with Gasteiger partial charge in [0.2, 0.25) is 5.91 Å². The Kier molecular flexibility index (Phi) is 5.41. The van der Waals surface area contributed by atoms with Gasteiger partial charge in [0.1, 0.15) is 5.75 Å². The van der Waals surface area contributed by atoms with Crippen LogP contribution in [0.25, 0.3) is 0 Å². The van der Waals surface area contributed by atoms with Gasteiger partial charge in [-0.1, -0.05) is 0 Å². The molecule has 1 aliphatic rings. The number of amides is 1. The third-order valence-electron chi connectivity index (χ3n) is 3.45. The second-order valence-corrected chi connectivity index (χ2v) is 5.34. The number of hydrogen-bond donors (Lipinski definition) is 2. The predicted molar refractivity (Wildman–Crippen MR) is 82.5 cm³/mol. The molecule has 1 amide bonds. The average molecular weight is 293 g/mol. The maximum atomic E-state index is 12.1. The molecule has 2 rings (SSSR count). The van der Waals surface area contributed by atoms with Crippen LogP contribution < -0.4 is 15.8 Å². The number of likely N-dealkylation sites (N-methyl/N-ethyl adjacent to an activating group) is 1. The first kappa shape index (κ1) is 15.6. The SMILES string of the molecule is COc1ccc(N)cc1NC(=O)CN(C)CC1CCCO1. The second kappa shape index (κ2) is 7.28. The van der Waals surface area contributed by atoms with Crippen LogP contribution in [0.4, 0.5) is 11.4 Å². The Balaban J connectivity index is 1.87. The Bertz CT molecular complexity index is 487.